The molecule has 0 aliphatic rings. The van der Waals surface area contributed by atoms with Crippen molar-refractivity contribution in [1.82, 2.24) is 10.5 Å². The summed E-state index contributed by atoms with van der Waals surface area (Å²) in [7, 11) is 0. The highest BCUT2D eigenvalue weighted by Gasteiger charge is 2.05. The second-order valence-corrected chi connectivity index (χ2v) is 5.68. The Kier molecular flexibility index (Phi) is 10.8. The number of carbonyl (C=O) groups is 3. The normalized spacial score (nSPS) is 9.22. The number of hydroxylamine groups is 1. The van der Waals surface area contributed by atoms with Gasteiger partial charge in [0.25, 0.3) is 0 Å². The number of rotatable bonds is 6. The molecule has 0 aliphatic carbocycles. The summed E-state index contributed by atoms with van der Waals surface area (Å²) in [6.45, 7) is 1.93. The predicted octanol–water partition coefficient (Wildman–Crippen LogP) is 2.17. The Bertz CT molecular complexity index is 744. The summed E-state index contributed by atoms with van der Waals surface area (Å²) in [6.07, 6.45) is -1.49. The number of nitrogens with one attached hydrogen (secondary N) is 2. The summed E-state index contributed by atoms with van der Waals surface area (Å²) < 4.78 is 0. The van der Waals surface area contributed by atoms with Crippen LogP contribution in [0.3, 0.4) is 0 Å². The van der Waals surface area contributed by atoms with Crippen LogP contribution in [0.15, 0.2) is 29.6 Å². The molecule has 0 radical (unpaired) electrons. The van der Waals surface area contributed by atoms with Crippen molar-refractivity contribution in [2.24, 2.45) is 11.5 Å². The third-order valence-electron chi connectivity index (χ3n) is 2.73. The molecule has 10 nitrogen and oxygen atoms in total. The lowest BCUT2D eigenvalue weighted by Crippen LogP contribution is -2.26. The highest BCUT2D eigenvalue weighted by atomic mass is 32.1. The van der Waals surface area contributed by atoms with Crippen LogP contribution in [0.2, 0.25) is 0 Å². The van der Waals surface area contributed by atoms with Gasteiger partial charge >= 0.3 is 12.2 Å². The van der Waals surface area contributed by atoms with Crippen molar-refractivity contribution in [1.29, 1.82) is 0 Å². The summed E-state index contributed by atoms with van der Waals surface area (Å²) in [5, 5.41) is 12.3. The van der Waals surface area contributed by atoms with Gasteiger partial charge in [0.2, 0.25) is 5.91 Å². The second-order valence-electron chi connectivity index (χ2n) is 4.82. The molecule has 3 amide bonds. The molecule has 7 N–H and O–H groups in total. The Balaban J connectivity index is 0.00000123. The van der Waals surface area contributed by atoms with Crippen LogP contribution in [0.5, 0.6) is 0 Å². The van der Waals surface area contributed by atoms with Gasteiger partial charge in [0.1, 0.15) is 0 Å². The molecule has 0 spiro atoms. The molecule has 1 heterocycles. The lowest BCUT2D eigenvalue weighted by Gasteiger charge is -2.04. The molecule has 0 atom stereocenters. The largest absolute Gasteiger partial charge is 0.465 e. The van der Waals surface area contributed by atoms with E-state index in [2.05, 4.69) is 26.4 Å². The summed E-state index contributed by atoms with van der Waals surface area (Å²) in [4.78, 5) is 38.9. The first-order valence-electron chi connectivity index (χ1n) is 7.28. The van der Waals surface area contributed by atoms with Crippen molar-refractivity contribution in [2.45, 2.75) is 20.8 Å². The van der Waals surface area contributed by atoms with Crippen molar-refractivity contribution in [3.05, 3.63) is 35.2 Å². The molecule has 27 heavy (non-hydrogen) atoms. The van der Waals surface area contributed by atoms with E-state index in [0.717, 1.165) is 16.8 Å². The van der Waals surface area contributed by atoms with Crippen LogP contribution >= 0.6 is 11.3 Å². The van der Waals surface area contributed by atoms with Gasteiger partial charge < -0.3 is 26.7 Å². The van der Waals surface area contributed by atoms with Crippen molar-refractivity contribution >= 4 is 34.6 Å². The van der Waals surface area contributed by atoms with Crippen molar-refractivity contribution < 1.29 is 24.3 Å². The molecular formula is C16H23N5O5S. The van der Waals surface area contributed by atoms with Gasteiger partial charge in [-0.05, 0) is 12.0 Å². The minimum Gasteiger partial charge on any atom is -0.465 e. The number of primary amides is 2. The minimum absolute atomic E-state index is 0. The molecule has 0 saturated carbocycles. The maximum Gasteiger partial charge on any atom is 0.423 e. The maximum atomic E-state index is 11.0. The molecule has 11 heteroatoms. The fourth-order valence-corrected chi connectivity index (χ4v) is 2.54. The minimum atomic E-state index is -1.33. The molecule has 1 aromatic heterocycles. The number of nitrogens with zero attached hydrogens (tertiary/aromatic N) is 1. The average Bonchev–Trinajstić information content (AvgIpc) is 2.99. The van der Waals surface area contributed by atoms with Crippen molar-refractivity contribution in [3.8, 4) is 11.3 Å². The molecule has 0 bridgehead atoms. The zero-order valence-electron chi connectivity index (χ0n) is 13.9. The van der Waals surface area contributed by atoms with E-state index in [1.54, 1.807) is 0 Å². The summed E-state index contributed by atoms with van der Waals surface area (Å²) >= 11 is 1.38. The van der Waals surface area contributed by atoms with E-state index < -0.39 is 12.2 Å². The first kappa shape index (κ1) is 23.8. The van der Waals surface area contributed by atoms with E-state index in [-0.39, 0.29) is 13.3 Å². The number of thiazole rings is 1. The molecule has 2 rings (SSSR count). The smallest absolute Gasteiger partial charge is 0.423 e. The Morgan fingerprint density at radius 1 is 1.22 bits per heavy atom. The van der Waals surface area contributed by atoms with Crippen LogP contribution in [-0.4, -0.2) is 34.7 Å². The number of carbonyl (C=O) groups excluding carboxylic acids is 2. The van der Waals surface area contributed by atoms with Crippen molar-refractivity contribution in [3.63, 3.8) is 0 Å². The number of aromatic nitrogens is 1. The van der Waals surface area contributed by atoms with Crippen molar-refractivity contribution in [2.75, 3.05) is 11.9 Å². The van der Waals surface area contributed by atoms with Gasteiger partial charge in [-0.15, -0.1) is 11.3 Å². The first-order chi connectivity index (χ1) is 12.3. The Morgan fingerprint density at radius 2 is 1.81 bits per heavy atom. The number of hydrogen-bond acceptors (Lipinski definition) is 7. The van der Waals surface area contributed by atoms with Crippen LogP contribution in [0, 0.1) is 0 Å². The molecule has 1 aromatic carbocycles. The van der Waals surface area contributed by atoms with Crippen LogP contribution in [0.4, 0.5) is 14.7 Å². The molecule has 0 fully saturated rings. The summed E-state index contributed by atoms with van der Waals surface area (Å²) in [6, 6.07) is 7.85. The van der Waals surface area contributed by atoms with Gasteiger partial charge in [-0.1, -0.05) is 31.7 Å². The number of carboxylic acid groups (broad SMARTS) is 1. The average molecular weight is 397 g/mol. The van der Waals surface area contributed by atoms with E-state index in [0.29, 0.717) is 18.1 Å². The van der Waals surface area contributed by atoms with Gasteiger partial charge in [0.05, 0.1) is 5.69 Å². The highest BCUT2D eigenvalue weighted by molar-refractivity contribution is 7.14. The van der Waals surface area contributed by atoms with E-state index in [1.165, 1.54) is 18.3 Å². The summed E-state index contributed by atoms with van der Waals surface area (Å²) in [5.74, 6) is -0.137. The van der Waals surface area contributed by atoms with Crippen LogP contribution < -0.4 is 22.3 Å². The molecule has 0 unspecified atom stereocenters. The van der Waals surface area contributed by atoms with E-state index in [9.17, 15) is 9.59 Å². The zero-order valence-corrected chi connectivity index (χ0v) is 14.7. The zero-order chi connectivity index (χ0) is 19.5. The van der Waals surface area contributed by atoms with Crippen LogP contribution in [0.25, 0.3) is 11.3 Å². The molecule has 2 aromatic rings. The standard InChI is InChI=1S/C14H16N4O3S.CH3NO2.CH4/c1-9(19)17-14-18-12(8-22-14)11-4-2-10(3-5-11)6-7-16-21-13(15)20;2-1(3)4;/h2-5,8,16H,6-7H2,1H3,(H2,15,20)(H,17,18,19);2H2,(H,3,4);1H4. The van der Waals surface area contributed by atoms with E-state index in [4.69, 9.17) is 15.6 Å². The molecular weight excluding hydrogens is 374 g/mol. The van der Waals surface area contributed by atoms with Crippen LogP contribution in [0.1, 0.15) is 19.9 Å². The number of amides is 3. The third kappa shape index (κ3) is 10.4. The fourth-order valence-electron chi connectivity index (χ4n) is 1.77. The van der Waals surface area contributed by atoms with E-state index in [1.807, 2.05) is 29.6 Å². The van der Waals surface area contributed by atoms with Gasteiger partial charge in [0.15, 0.2) is 5.13 Å². The fraction of sp³-hybridized carbons (Fsp3) is 0.250. The number of hydrogen-bond donors (Lipinski definition) is 5. The lowest BCUT2D eigenvalue weighted by molar-refractivity contribution is -0.114. The van der Waals surface area contributed by atoms with Crippen LogP contribution in [-0.2, 0) is 16.1 Å². The molecule has 0 aliphatic heterocycles. The lowest BCUT2D eigenvalue weighted by atomic mass is 10.1. The van der Waals surface area contributed by atoms with E-state index >= 15 is 0 Å². The topological polar surface area (TPSA) is 170 Å². The third-order valence-corrected chi connectivity index (χ3v) is 3.48. The SMILES string of the molecule is C.CC(=O)Nc1nc(-c2ccc(CCNOC(N)=O)cc2)cs1.NC(=O)O. The monoisotopic (exact) mass is 397 g/mol. The number of nitrogens with two attached hydrogens (primary N) is 2. The second kappa shape index (κ2) is 12.2. The van der Waals surface area contributed by atoms with Gasteiger partial charge in [-0.3, -0.25) is 4.79 Å². The van der Waals surface area contributed by atoms with Gasteiger partial charge in [-0.2, -0.15) is 5.48 Å². The number of benzene rings is 1. The van der Waals surface area contributed by atoms with Gasteiger partial charge in [-0.25, -0.2) is 14.6 Å². The summed E-state index contributed by atoms with van der Waals surface area (Å²) in [5.41, 5.74) is 14.2. The number of anilines is 1. The molecule has 0 saturated heterocycles. The predicted molar refractivity (Wildman–Crippen MR) is 103 cm³/mol. The Morgan fingerprint density at radius 3 is 2.33 bits per heavy atom. The highest BCUT2D eigenvalue weighted by Crippen LogP contribution is 2.25. The Hall–Kier alpha value is -3.18. The quantitative estimate of drug-likeness (QED) is 0.367. The van der Waals surface area contributed by atoms with Gasteiger partial charge in [0, 0.05) is 24.4 Å². The Labute approximate surface area is 160 Å². The molecule has 148 valence electrons. The maximum absolute atomic E-state index is 11.0. The first-order valence-corrected chi connectivity index (χ1v) is 8.16.